The standard InChI is InChI=1S/C14H22N2/c1-3-9-16-10-5-8-14(16,2)12-6-4-7-13(15)11-12/h4,6-7,11H,3,5,8-10,15H2,1-2H3. The van der Waals surface area contributed by atoms with E-state index in [0.717, 1.165) is 5.69 Å². The molecular weight excluding hydrogens is 196 g/mol. The molecule has 2 rings (SSSR count). The maximum Gasteiger partial charge on any atom is 0.0433 e. The molecule has 1 atom stereocenters. The minimum atomic E-state index is 0.200. The predicted octanol–water partition coefficient (Wildman–Crippen LogP) is 2.99. The zero-order valence-electron chi connectivity index (χ0n) is 10.4. The molecule has 1 aromatic carbocycles. The summed E-state index contributed by atoms with van der Waals surface area (Å²) in [5.74, 6) is 0. The molecule has 2 heteroatoms. The van der Waals surface area contributed by atoms with Gasteiger partial charge in [-0.15, -0.1) is 0 Å². The highest BCUT2D eigenvalue weighted by Gasteiger charge is 2.37. The van der Waals surface area contributed by atoms with E-state index in [1.807, 2.05) is 6.07 Å². The Kier molecular flexibility index (Phi) is 3.20. The second-order valence-corrected chi connectivity index (χ2v) is 4.99. The number of nitrogens with zero attached hydrogens (tertiary/aromatic N) is 1. The van der Waals surface area contributed by atoms with Crippen LogP contribution < -0.4 is 5.73 Å². The molecule has 88 valence electrons. The van der Waals surface area contributed by atoms with Gasteiger partial charge in [0.25, 0.3) is 0 Å². The van der Waals surface area contributed by atoms with Crippen molar-refractivity contribution in [2.75, 3.05) is 18.8 Å². The molecule has 2 nitrogen and oxygen atoms in total. The molecule has 0 bridgehead atoms. The second-order valence-electron chi connectivity index (χ2n) is 4.99. The van der Waals surface area contributed by atoms with E-state index in [0.29, 0.717) is 0 Å². The Morgan fingerprint density at radius 3 is 2.94 bits per heavy atom. The molecule has 0 aromatic heterocycles. The van der Waals surface area contributed by atoms with Gasteiger partial charge in [-0.2, -0.15) is 0 Å². The van der Waals surface area contributed by atoms with Crippen LogP contribution in [-0.4, -0.2) is 18.0 Å². The zero-order chi connectivity index (χ0) is 11.6. The number of hydrogen-bond donors (Lipinski definition) is 1. The van der Waals surface area contributed by atoms with Crippen LogP contribution in [0.1, 0.15) is 38.7 Å². The largest absolute Gasteiger partial charge is 0.399 e. The minimum absolute atomic E-state index is 0.200. The van der Waals surface area contributed by atoms with Gasteiger partial charge in [0.15, 0.2) is 0 Å². The SMILES string of the molecule is CCCN1CCCC1(C)c1cccc(N)c1. The fraction of sp³-hybridized carbons (Fsp3) is 0.571. The van der Waals surface area contributed by atoms with Crippen LogP contribution in [0.25, 0.3) is 0 Å². The molecule has 1 saturated heterocycles. The summed E-state index contributed by atoms with van der Waals surface area (Å²) in [6.45, 7) is 7.01. The summed E-state index contributed by atoms with van der Waals surface area (Å²) in [7, 11) is 0. The Morgan fingerprint density at radius 2 is 2.25 bits per heavy atom. The van der Waals surface area contributed by atoms with Crippen molar-refractivity contribution in [2.24, 2.45) is 0 Å². The Balaban J connectivity index is 2.29. The minimum Gasteiger partial charge on any atom is -0.399 e. The Morgan fingerprint density at radius 1 is 1.44 bits per heavy atom. The zero-order valence-corrected chi connectivity index (χ0v) is 10.4. The summed E-state index contributed by atoms with van der Waals surface area (Å²) in [4.78, 5) is 2.60. The Hall–Kier alpha value is -1.02. The third kappa shape index (κ3) is 1.94. The monoisotopic (exact) mass is 218 g/mol. The average Bonchev–Trinajstić information content (AvgIpc) is 2.63. The number of anilines is 1. The van der Waals surface area contributed by atoms with Crippen LogP contribution in [0.5, 0.6) is 0 Å². The van der Waals surface area contributed by atoms with Gasteiger partial charge in [0.05, 0.1) is 0 Å². The first-order chi connectivity index (χ1) is 7.66. The number of benzene rings is 1. The highest BCUT2D eigenvalue weighted by Crippen LogP contribution is 2.38. The Labute approximate surface area is 98.4 Å². The molecular formula is C14H22N2. The summed E-state index contributed by atoms with van der Waals surface area (Å²) < 4.78 is 0. The first-order valence-electron chi connectivity index (χ1n) is 6.28. The number of nitrogen functional groups attached to an aromatic ring is 1. The van der Waals surface area contributed by atoms with Crippen molar-refractivity contribution in [1.29, 1.82) is 0 Å². The lowest BCUT2D eigenvalue weighted by Crippen LogP contribution is -2.39. The molecule has 1 fully saturated rings. The molecule has 1 aliphatic heterocycles. The van der Waals surface area contributed by atoms with Gasteiger partial charge in [-0.3, -0.25) is 4.90 Å². The van der Waals surface area contributed by atoms with Crippen LogP contribution >= 0.6 is 0 Å². The summed E-state index contributed by atoms with van der Waals surface area (Å²) in [5.41, 5.74) is 8.34. The molecule has 1 unspecified atom stereocenters. The van der Waals surface area contributed by atoms with Crippen LogP contribution in [0, 0.1) is 0 Å². The molecule has 0 aliphatic carbocycles. The maximum atomic E-state index is 5.89. The third-order valence-corrected chi connectivity index (χ3v) is 3.79. The quantitative estimate of drug-likeness (QED) is 0.790. The molecule has 0 amide bonds. The summed E-state index contributed by atoms with van der Waals surface area (Å²) in [5, 5.41) is 0. The average molecular weight is 218 g/mol. The lowest BCUT2D eigenvalue weighted by Gasteiger charge is -2.36. The van der Waals surface area contributed by atoms with Gasteiger partial charge in [0.1, 0.15) is 0 Å². The maximum absolute atomic E-state index is 5.89. The van der Waals surface area contributed by atoms with Gasteiger partial charge >= 0.3 is 0 Å². The van der Waals surface area contributed by atoms with Crippen LogP contribution in [-0.2, 0) is 5.54 Å². The van der Waals surface area contributed by atoms with Crippen molar-refractivity contribution in [2.45, 2.75) is 38.6 Å². The van der Waals surface area contributed by atoms with Gasteiger partial charge < -0.3 is 5.73 Å². The first-order valence-corrected chi connectivity index (χ1v) is 6.28. The number of nitrogens with two attached hydrogens (primary N) is 1. The molecule has 0 saturated carbocycles. The fourth-order valence-corrected chi connectivity index (χ4v) is 2.85. The smallest absolute Gasteiger partial charge is 0.0433 e. The van der Waals surface area contributed by atoms with Crippen LogP contribution in [0.4, 0.5) is 5.69 Å². The Bertz CT molecular complexity index is 362. The molecule has 2 N–H and O–H groups in total. The van der Waals surface area contributed by atoms with E-state index in [4.69, 9.17) is 5.73 Å². The molecule has 16 heavy (non-hydrogen) atoms. The van der Waals surface area contributed by atoms with Crippen molar-refractivity contribution >= 4 is 5.69 Å². The molecule has 1 heterocycles. The van der Waals surface area contributed by atoms with E-state index in [1.54, 1.807) is 0 Å². The van der Waals surface area contributed by atoms with Crippen LogP contribution in [0.2, 0.25) is 0 Å². The molecule has 0 spiro atoms. The molecule has 0 radical (unpaired) electrons. The van der Waals surface area contributed by atoms with E-state index < -0.39 is 0 Å². The lowest BCUT2D eigenvalue weighted by atomic mass is 9.89. The fourth-order valence-electron chi connectivity index (χ4n) is 2.85. The van der Waals surface area contributed by atoms with Crippen molar-refractivity contribution in [1.82, 2.24) is 4.90 Å². The summed E-state index contributed by atoms with van der Waals surface area (Å²) >= 11 is 0. The van der Waals surface area contributed by atoms with Crippen LogP contribution in [0.15, 0.2) is 24.3 Å². The highest BCUT2D eigenvalue weighted by atomic mass is 15.2. The second kappa shape index (κ2) is 4.46. The van der Waals surface area contributed by atoms with Gasteiger partial charge in [-0.1, -0.05) is 19.1 Å². The van der Waals surface area contributed by atoms with E-state index >= 15 is 0 Å². The van der Waals surface area contributed by atoms with E-state index in [2.05, 4.69) is 36.9 Å². The van der Waals surface area contributed by atoms with Crippen LogP contribution in [0.3, 0.4) is 0 Å². The van der Waals surface area contributed by atoms with Gasteiger partial charge in [0, 0.05) is 11.2 Å². The van der Waals surface area contributed by atoms with Gasteiger partial charge in [-0.05, 0) is 57.0 Å². The lowest BCUT2D eigenvalue weighted by molar-refractivity contribution is 0.156. The van der Waals surface area contributed by atoms with E-state index in [1.165, 1.54) is 37.9 Å². The molecule has 1 aliphatic rings. The third-order valence-electron chi connectivity index (χ3n) is 3.79. The predicted molar refractivity (Wildman–Crippen MR) is 69.3 cm³/mol. The van der Waals surface area contributed by atoms with Crippen molar-refractivity contribution < 1.29 is 0 Å². The number of rotatable bonds is 3. The molecule has 1 aromatic rings. The van der Waals surface area contributed by atoms with Crippen molar-refractivity contribution in [3.05, 3.63) is 29.8 Å². The van der Waals surface area contributed by atoms with Crippen molar-refractivity contribution in [3.63, 3.8) is 0 Å². The van der Waals surface area contributed by atoms with E-state index in [9.17, 15) is 0 Å². The highest BCUT2D eigenvalue weighted by molar-refractivity contribution is 5.43. The summed E-state index contributed by atoms with van der Waals surface area (Å²) in [6, 6.07) is 8.38. The van der Waals surface area contributed by atoms with Gasteiger partial charge in [-0.25, -0.2) is 0 Å². The topological polar surface area (TPSA) is 29.3 Å². The van der Waals surface area contributed by atoms with E-state index in [-0.39, 0.29) is 5.54 Å². The normalized spacial score (nSPS) is 26.1. The number of likely N-dealkylation sites (tertiary alicyclic amines) is 1. The van der Waals surface area contributed by atoms with Gasteiger partial charge in [0.2, 0.25) is 0 Å². The first kappa shape index (κ1) is 11.5. The number of hydrogen-bond acceptors (Lipinski definition) is 2. The summed E-state index contributed by atoms with van der Waals surface area (Å²) in [6.07, 6.45) is 3.76. The van der Waals surface area contributed by atoms with Crippen molar-refractivity contribution in [3.8, 4) is 0 Å².